The lowest BCUT2D eigenvalue weighted by molar-refractivity contribution is -0.00299. The molecule has 0 saturated carbocycles. The predicted octanol–water partition coefficient (Wildman–Crippen LogP) is 1.03. The molecular weight excluding hydrogens is 298 g/mol. The number of carbonyl (C=O) groups excluding carboxylic acids is 1. The van der Waals surface area contributed by atoms with Gasteiger partial charge >= 0.3 is 0 Å². The monoisotopic (exact) mass is 317 g/mol. The molecule has 1 aliphatic rings. The molecule has 0 radical (unpaired) electrons. The van der Waals surface area contributed by atoms with Gasteiger partial charge in [-0.25, -0.2) is 0 Å². The average Bonchev–Trinajstić information content (AvgIpc) is 3.13. The number of para-hydroxylation sites is 1. The van der Waals surface area contributed by atoms with Gasteiger partial charge in [-0.2, -0.15) is 5.21 Å². The predicted molar refractivity (Wildman–Crippen MR) is 80.9 cm³/mol. The molecule has 0 aliphatic carbocycles. The van der Waals surface area contributed by atoms with E-state index in [0.717, 1.165) is 6.42 Å². The van der Waals surface area contributed by atoms with Crippen LogP contribution in [0.1, 0.15) is 29.5 Å². The van der Waals surface area contributed by atoms with Crippen molar-refractivity contribution in [1.29, 1.82) is 0 Å². The third kappa shape index (κ3) is 3.48. The van der Waals surface area contributed by atoms with E-state index >= 15 is 0 Å². The fraction of sp³-hybridized carbons (Fsp3) is 0.467. The van der Waals surface area contributed by atoms with Gasteiger partial charge in [0.1, 0.15) is 5.75 Å². The molecule has 23 heavy (non-hydrogen) atoms. The standard InChI is InChI=1S/C15H19N5O3/c1-2-11-9-22-8-7-20(11)15(21)12-5-3-4-6-13(12)23-10-14-16-18-19-17-14/h3-6,11H,2,7-10H2,1H3,(H,16,17,18,19)/t11-/m1/s1. The van der Waals surface area contributed by atoms with Gasteiger partial charge in [0.2, 0.25) is 5.82 Å². The number of aromatic amines is 1. The van der Waals surface area contributed by atoms with Crippen LogP contribution < -0.4 is 4.74 Å². The number of benzene rings is 1. The van der Waals surface area contributed by atoms with Gasteiger partial charge in [0, 0.05) is 6.54 Å². The lowest BCUT2D eigenvalue weighted by Gasteiger charge is -2.35. The summed E-state index contributed by atoms with van der Waals surface area (Å²) < 4.78 is 11.2. The lowest BCUT2D eigenvalue weighted by Crippen LogP contribution is -2.48. The largest absolute Gasteiger partial charge is 0.485 e. The summed E-state index contributed by atoms with van der Waals surface area (Å²) >= 11 is 0. The van der Waals surface area contributed by atoms with E-state index in [1.54, 1.807) is 12.1 Å². The van der Waals surface area contributed by atoms with Gasteiger partial charge in [0.25, 0.3) is 5.91 Å². The van der Waals surface area contributed by atoms with Crippen molar-refractivity contribution in [3.8, 4) is 5.75 Å². The van der Waals surface area contributed by atoms with Crippen molar-refractivity contribution >= 4 is 5.91 Å². The van der Waals surface area contributed by atoms with Crippen LogP contribution in [0.5, 0.6) is 5.75 Å². The number of rotatable bonds is 5. The van der Waals surface area contributed by atoms with Crippen LogP contribution in [-0.2, 0) is 11.3 Å². The smallest absolute Gasteiger partial charge is 0.258 e. The van der Waals surface area contributed by atoms with Gasteiger partial charge in [-0.05, 0) is 18.6 Å². The van der Waals surface area contributed by atoms with Crippen LogP contribution in [0.15, 0.2) is 24.3 Å². The minimum atomic E-state index is -0.0381. The molecule has 0 unspecified atom stereocenters. The maximum atomic E-state index is 12.9. The van der Waals surface area contributed by atoms with Gasteiger partial charge in [0.05, 0.1) is 24.8 Å². The molecule has 122 valence electrons. The highest BCUT2D eigenvalue weighted by Gasteiger charge is 2.28. The summed E-state index contributed by atoms with van der Waals surface area (Å²) in [6.45, 7) is 3.94. The number of hydrogen-bond donors (Lipinski definition) is 1. The van der Waals surface area contributed by atoms with Crippen LogP contribution in [0.3, 0.4) is 0 Å². The molecule has 0 bridgehead atoms. The molecule has 1 atom stereocenters. The minimum Gasteiger partial charge on any atom is -0.485 e. The Morgan fingerprint density at radius 2 is 2.35 bits per heavy atom. The zero-order valence-electron chi connectivity index (χ0n) is 12.9. The molecule has 8 heteroatoms. The molecule has 1 N–H and O–H groups in total. The van der Waals surface area contributed by atoms with Gasteiger partial charge in [-0.1, -0.05) is 24.3 Å². The topological polar surface area (TPSA) is 93.2 Å². The Labute approximate surface area is 133 Å². The van der Waals surface area contributed by atoms with Crippen molar-refractivity contribution in [2.45, 2.75) is 26.0 Å². The summed E-state index contributed by atoms with van der Waals surface area (Å²) in [6, 6.07) is 7.31. The van der Waals surface area contributed by atoms with Crippen molar-refractivity contribution in [1.82, 2.24) is 25.5 Å². The molecule has 1 aromatic heterocycles. The quantitative estimate of drug-likeness (QED) is 0.885. The highest BCUT2D eigenvalue weighted by atomic mass is 16.5. The maximum Gasteiger partial charge on any atom is 0.258 e. The molecule has 3 rings (SSSR count). The summed E-state index contributed by atoms with van der Waals surface area (Å²) in [5.41, 5.74) is 0.538. The van der Waals surface area contributed by atoms with Crippen LogP contribution in [0.2, 0.25) is 0 Å². The number of aromatic nitrogens is 4. The van der Waals surface area contributed by atoms with Crippen LogP contribution in [0.25, 0.3) is 0 Å². The Hall–Kier alpha value is -2.48. The Kier molecular flexibility index (Phi) is 4.82. The fourth-order valence-electron chi connectivity index (χ4n) is 2.57. The zero-order valence-corrected chi connectivity index (χ0v) is 12.9. The third-order valence-electron chi connectivity index (χ3n) is 3.82. The third-order valence-corrected chi connectivity index (χ3v) is 3.82. The SMILES string of the molecule is CC[C@@H]1COCCN1C(=O)c1ccccc1OCc1nn[nH]n1. The molecule has 1 aliphatic heterocycles. The number of nitrogens with one attached hydrogen (secondary N) is 1. The van der Waals surface area contributed by atoms with E-state index in [-0.39, 0.29) is 18.6 Å². The second kappa shape index (κ2) is 7.19. The lowest BCUT2D eigenvalue weighted by atomic mass is 10.1. The number of amides is 1. The van der Waals surface area contributed by atoms with E-state index in [9.17, 15) is 4.79 Å². The van der Waals surface area contributed by atoms with E-state index in [0.29, 0.717) is 36.9 Å². The number of ether oxygens (including phenoxy) is 2. The van der Waals surface area contributed by atoms with Crippen LogP contribution >= 0.6 is 0 Å². The van der Waals surface area contributed by atoms with E-state index < -0.39 is 0 Å². The van der Waals surface area contributed by atoms with E-state index in [2.05, 4.69) is 27.5 Å². The van der Waals surface area contributed by atoms with E-state index in [1.165, 1.54) is 0 Å². The first-order valence-corrected chi connectivity index (χ1v) is 7.62. The van der Waals surface area contributed by atoms with E-state index in [4.69, 9.17) is 9.47 Å². The Balaban J connectivity index is 1.77. The Morgan fingerprint density at radius 1 is 1.48 bits per heavy atom. The second-order valence-corrected chi connectivity index (χ2v) is 5.25. The normalized spacial score (nSPS) is 18.0. The van der Waals surface area contributed by atoms with Gasteiger partial charge in [0.15, 0.2) is 6.61 Å². The molecule has 1 amide bonds. The number of hydrogen-bond acceptors (Lipinski definition) is 6. The molecule has 1 fully saturated rings. The first kappa shape index (κ1) is 15.4. The van der Waals surface area contributed by atoms with Crippen LogP contribution in [0, 0.1) is 0 Å². The van der Waals surface area contributed by atoms with Gasteiger partial charge < -0.3 is 14.4 Å². The molecule has 8 nitrogen and oxygen atoms in total. The van der Waals surface area contributed by atoms with Crippen molar-refractivity contribution < 1.29 is 14.3 Å². The highest BCUT2D eigenvalue weighted by molar-refractivity contribution is 5.97. The van der Waals surface area contributed by atoms with Crippen LogP contribution in [0.4, 0.5) is 0 Å². The number of H-pyrrole nitrogens is 1. The van der Waals surface area contributed by atoms with Crippen molar-refractivity contribution in [3.63, 3.8) is 0 Å². The first-order chi connectivity index (χ1) is 11.3. The van der Waals surface area contributed by atoms with Crippen LogP contribution in [-0.4, -0.2) is 57.2 Å². The van der Waals surface area contributed by atoms with Crippen molar-refractivity contribution in [3.05, 3.63) is 35.7 Å². The van der Waals surface area contributed by atoms with Crippen molar-refractivity contribution in [2.24, 2.45) is 0 Å². The summed E-state index contributed by atoms with van der Waals surface area (Å²) in [4.78, 5) is 14.8. The fourth-order valence-corrected chi connectivity index (χ4v) is 2.57. The number of carbonyl (C=O) groups is 1. The Bertz CT molecular complexity index is 646. The molecule has 1 saturated heterocycles. The van der Waals surface area contributed by atoms with E-state index in [1.807, 2.05) is 17.0 Å². The molecular formula is C15H19N5O3. The minimum absolute atomic E-state index is 0.0381. The number of nitrogens with zero attached hydrogens (tertiary/aromatic N) is 4. The summed E-state index contributed by atoms with van der Waals surface area (Å²) in [5.74, 6) is 0.914. The number of tetrazole rings is 1. The molecule has 1 aromatic carbocycles. The first-order valence-electron chi connectivity index (χ1n) is 7.62. The zero-order chi connectivity index (χ0) is 16.1. The number of morpholine rings is 1. The van der Waals surface area contributed by atoms with Gasteiger partial charge in [-0.15, -0.1) is 10.2 Å². The average molecular weight is 317 g/mol. The second-order valence-electron chi connectivity index (χ2n) is 5.25. The van der Waals surface area contributed by atoms with Gasteiger partial charge in [-0.3, -0.25) is 4.79 Å². The molecule has 2 heterocycles. The summed E-state index contributed by atoms with van der Waals surface area (Å²) in [5, 5.41) is 13.5. The highest BCUT2D eigenvalue weighted by Crippen LogP contribution is 2.23. The molecule has 2 aromatic rings. The van der Waals surface area contributed by atoms with Crippen molar-refractivity contribution in [2.75, 3.05) is 19.8 Å². The maximum absolute atomic E-state index is 12.9. The summed E-state index contributed by atoms with van der Waals surface area (Å²) in [6.07, 6.45) is 0.859. The Morgan fingerprint density at radius 3 is 3.13 bits per heavy atom. The summed E-state index contributed by atoms with van der Waals surface area (Å²) in [7, 11) is 0. The molecule has 0 spiro atoms.